The molecule has 3 rings (SSSR count). The minimum atomic E-state index is -0.193. The number of rotatable bonds is 5. The van der Waals surface area contributed by atoms with E-state index >= 15 is 0 Å². The molecule has 0 spiro atoms. The molecule has 0 bridgehead atoms. The van der Waals surface area contributed by atoms with Crippen molar-refractivity contribution in [3.63, 3.8) is 0 Å². The van der Waals surface area contributed by atoms with E-state index in [-0.39, 0.29) is 17.5 Å². The van der Waals surface area contributed by atoms with Crippen molar-refractivity contribution < 1.29 is 9.53 Å². The van der Waals surface area contributed by atoms with Crippen LogP contribution in [0.15, 0.2) is 48.0 Å². The molecule has 2 aromatic heterocycles. The van der Waals surface area contributed by atoms with Crippen LogP contribution in [0.1, 0.15) is 12.8 Å². The maximum atomic E-state index is 12.2. The first-order valence-electron chi connectivity index (χ1n) is 8.51. The second-order valence-corrected chi connectivity index (χ2v) is 6.19. The molecule has 1 aliphatic heterocycles. The lowest BCUT2D eigenvalue weighted by Crippen LogP contribution is -2.45. The fourth-order valence-corrected chi connectivity index (χ4v) is 3.10. The topological polar surface area (TPSA) is 87.3 Å². The Morgan fingerprint density at radius 3 is 3.08 bits per heavy atom. The fourth-order valence-electron chi connectivity index (χ4n) is 3.10. The van der Waals surface area contributed by atoms with Gasteiger partial charge in [-0.2, -0.15) is 0 Å². The summed E-state index contributed by atoms with van der Waals surface area (Å²) >= 11 is 0. The van der Waals surface area contributed by atoms with Crippen LogP contribution in [-0.4, -0.2) is 47.0 Å². The van der Waals surface area contributed by atoms with Crippen LogP contribution in [0, 0.1) is 0 Å². The zero-order valence-corrected chi connectivity index (χ0v) is 14.7. The maximum absolute atomic E-state index is 12.2. The summed E-state index contributed by atoms with van der Waals surface area (Å²) in [5.41, 5.74) is 2.03. The van der Waals surface area contributed by atoms with Crippen LogP contribution in [0.5, 0.6) is 5.88 Å². The number of carbonyl (C=O) groups excluding carboxylic acids is 1. The predicted molar refractivity (Wildman–Crippen MR) is 100 cm³/mol. The molecule has 0 radical (unpaired) electrons. The minimum Gasteiger partial charge on any atom is -0.481 e. The number of pyridine rings is 2. The third-order valence-electron chi connectivity index (χ3n) is 4.45. The summed E-state index contributed by atoms with van der Waals surface area (Å²) in [4.78, 5) is 32.7. The van der Waals surface area contributed by atoms with Gasteiger partial charge in [0.25, 0.3) is 5.56 Å². The van der Waals surface area contributed by atoms with Crippen LogP contribution in [-0.2, 0) is 4.79 Å². The van der Waals surface area contributed by atoms with Gasteiger partial charge in [-0.1, -0.05) is 6.58 Å². The number of aromatic nitrogens is 2. The molecule has 1 aliphatic rings. The molecular weight excluding hydrogens is 332 g/mol. The molecule has 3 heterocycles. The lowest BCUT2D eigenvalue weighted by Gasteiger charge is -2.32. The molecule has 136 valence electrons. The number of ether oxygens (including phenoxy) is 1. The summed E-state index contributed by atoms with van der Waals surface area (Å²) < 4.78 is 5.15. The van der Waals surface area contributed by atoms with Crippen LogP contribution in [0.2, 0.25) is 0 Å². The molecule has 0 unspecified atom stereocenters. The van der Waals surface area contributed by atoms with Crippen molar-refractivity contribution in [3.05, 3.63) is 53.6 Å². The molecular formula is C19H22N4O3. The first-order valence-corrected chi connectivity index (χ1v) is 8.51. The number of nitrogens with one attached hydrogen (secondary N) is 2. The molecule has 1 atom stereocenters. The van der Waals surface area contributed by atoms with Crippen LogP contribution in [0.25, 0.3) is 11.1 Å². The van der Waals surface area contributed by atoms with Gasteiger partial charge < -0.3 is 19.9 Å². The summed E-state index contributed by atoms with van der Waals surface area (Å²) in [6.07, 6.45) is 6.43. The number of carbonyl (C=O) groups is 1. The molecule has 7 nitrogen and oxygen atoms in total. The van der Waals surface area contributed by atoms with Gasteiger partial charge in [0.2, 0.25) is 11.8 Å². The highest BCUT2D eigenvalue weighted by atomic mass is 16.5. The Labute approximate surface area is 151 Å². The van der Waals surface area contributed by atoms with E-state index in [9.17, 15) is 9.59 Å². The Hall–Kier alpha value is -3.09. The first-order chi connectivity index (χ1) is 12.6. The summed E-state index contributed by atoms with van der Waals surface area (Å²) in [6.45, 7) is 4.81. The van der Waals surface area contributed by atoms with Crippen molar-refractivity contribution in [2.75, 3.05) is 25.5 Å². The molecule has 7 heteroatoms. The monoisotopic (exact) mass is 354 g/mol. The third kappa shape index (κ3) is 3.93. The molecule has 1 amide bonds. The zero-order chi connectivity index (χ0) is 18.5. The minimum absolute atomic E-state index is 0.0241. The fraction of sp³-hybridized carbons (Fsp3) is 0.316. The molecule has 1 saturated heterocycles. The van der Waals surface area contributed by atoms with E-state index in [1.807, 2.05) is 18.2 Å². The second kappa shape index (κ2) is 7.86. The lowest BCUT2D eigenvalue weighted by molar-refractivity contribution is -0.127. The highest BCUT2D eigenvalue weighted by molar-refractivity contribution is 5.87. The molecule has 1 fully saturated rings. The Morgan fingerprint density at radius 2 is 2.31 bits per heavy atom. The molecule has 26 heavy (non-hydrogen) atoms. The van der Waals surface area contributed by atoms with Gasteiger partial charge in [0.1, 0.15) is 5.69 Å². The lowest BCUT2D eigenvalue weighted by atomic mass is 10.0. The zero-order valence-electron chi connectivity index (χ0n) is 14.7. The Bertz CT molecular complexity index is 862. The number of H-pyrrole nitrogens is 1. The first kappa shape index (κ1) is 17.7. The molecule has 2 aromatic rings. The number of likely N-dealkylation sites (tertiary alicyclic amines) is 1. The second-order valence-electron chi connectivity index (χ2n) is 6.19. The van der Waals surface area contributed by atoms with Gasteiger partial charge in [-0.05, 0) is 36.6 Å². The average molecular weight is 354 g/mol. The Balaban J connectivity index is 1.81. The van der Waals surface area contributed by atoms with Crippen LogP contribution < -0.4 is 15.6 Å². The third-order valence-corrected chi connectivity index (χ3v) is 4.45. The number of hydrogen-bond donors (Lipinski definition) is 2. The SMILES string of the molecule is C=CC(=O)N1CCC[C@@H](Nc2cc(-c3ccnc(OC)c3)c[nH]c2=O)C1. The van der Waals surface area contributed by atoms with Crippen molar-refractivity contribution >= 4 is 11.6 Å². The standard InChI is InChI=1S/C19H22N4O3/c1-3-18(24)23-8-4-5-15(12-23)22-16-9-14(11-21-19(16)25)13-6-7-20-17(10-13)26-2/h3,6-7,9-11,15,22H,1,4-5,8,12H2,2H3,(H,21,25)/t15-/m1/s1. The van der Waals surface area contributed by atoms with E-state index in [1.54, 1.807) is 24.4 Å². The van der Waals surface area contributed by atoms with Crippen LogP contribution in [0.4, 0.5) is 5.69 Å². The normalized spacial score (nSPS) is 16.8. The summed E-state index contributed by atoms with van der Waals surface area (Å²) in [5, 5.41) is 3.28. The summed E-state index contributed by atoms with van der Waals surface area (Å²) in [7, 11) is 1.56. The van der Waals surface area contributed by atoms with Gasteiger partial charge in [-0.3, -0.25) is 9.59 Å². The number of anilines is 1. The average Bonchev–Trinajstić information content (AvgIpc) is 2.69. The van der Waals surface area contributed by atoms with Crippen molar-refractivity contribution in [3.8, 4) is 17.0 Å². The summed E-state index contributed by atoms with van der Waals surface area (Å²) in [5.74, 6) is 0.428. The number of amides is 1. The Kier molecular flexibility index (Phi) is 5.36. The molecule has 0 aliphatic carbocycles. The number of methoxy groups -OCH3 is 1. The van der Waals surface area contributed by atoms with Gasteiger partial charge in [-0.25, -0.2) is 4.98 Å². The van der Waals surface area contributed by atoms with Crippen LogP contribution >= 0.6 is 0 Å². The van der Waals surface area contributed by atoms with E-state index in [2.05, 4.69) is 21.9 Å². The van der Waals surface area contributed by atoms with Gasteiger partial charge >= 0.3 is 0 Å². The quantitative estimate of drug-likeness (QED) is 0.803. The van der Waals surface area contributed by atoms with E-state index in [0.717, 1.165) is 30.5 Å². The Morgan fingerprint density at radius 1 is 1.46 bits per heavy atom. The molecule has 0 aromatic carbocycles. The van der Waals surface area contributed by atoms with Crippen molar-refractivity contribution in [1.29, 1.82) is 0 Å². The van der Waals surface area contributed by atoms with Gasteiger partial charge in [0.15, 0.2) is 0 Å². The number of hydrogen-bond acceptors (Lipinski definition) is 5. The van der Waals surface area contributed by atoms with Crippen molar-refractivity contribution in [2.24, 2.45) is 0 Å². The van der Waals surface area contributed by atoms with Gasteiger partial charge in [0, 0.05) is 43.2 Å². The highest BCUT2D eigenvalue weighted by Gasteiger charge is 2.22. The number of piperidine rings is 1. The molecule has 0 saturated carbocycles. The van der Waals surface area contributed by atoms with E-state index in [0.29, 0.717) is 18.1 Å². The number of aromatic amines is 1. The van der Waals surface area contributed by atoms with E-state index < -0.39 is 0 Å². The molecule has 2 N–H and O–H groups in total. The largest absolute Gasteiger partial charge is 0.481 e. The van der Waals surface area contributed by atoms with Crippen molar-refractivity contribution in [2.45, 2.75) is 18.9 Å². The highest BCUT2D eigenvalue weighted by Crippen LogP contribution is 2.23. The smallest absolute Gasteiger partial charge is 0.271 e. The van der Waals surface area contributed by atoms with Gasteiger partial charge in [0.05, 0.1) is 7.11 Å². The number of nitrogens with zero attached hydrogens (tertiary/aromatic N) is 2. The van der Waals surface area contributed by atoms with E-state index in [4.69, 9.17) is 4.74 Å². The van der Waals surface area contributed by atoms with Gasteiger partial charge in [-0.15, -0.1) is 0 Å². The maximum Gasteiger partial charge on any atom is 0.271 e. The van der Waals surface area contributed by atoms with Crippen LogP contribution in [0.3, 0.4) is 0 Å². The van der Waals surface area contributed by atoms with E-state index in [1.165, 1.54) is 6.08 Å². The predicted octanol–water partition coefficient (Wildman–Crippen LogP) is 2.03. The van der Waals surface area contributed by atoms with Crippen molar-refractivity contribution in [1.82, 2.24) is 14.9 Å². The summed E-state index contributed by atoms with van der Waals surface area (Å²) in [6, 6.07) is 5.49.